The van der Waals surface area contributed by atoms with Gasteiger partial charge in [0.2, 0.25) is 0 Å². The molecule has 1 aliphatic heterocycles. The maximum absolute atomic E-state index is 5.80. The molecule has 3 rings (SSSR count). The lowest BCUT2D eigenvalue weighted by Crippen LogP contribution is -1.86. The minimum Gasteiger partial charge on any atom is -0.359 e. The van der Waals surface area contributed by atoms with Crippen molar-refractivity contribution in [2.24, 2.45) is 0 Å². The van der Waals surface area contributed by atoms with E-state index in [0.29, 0.717) is 0 Å². The van der Waals surface area contributed by atoms with E-state index in [-0.39, 0.29) is 12.2 Å². The molecule has 0 bridgehead atoms. The van der Waals surface area contributed by atoms with Crippen LogP contribution in [0.15, 0.2) is 48.5 Å². The molecule has 1 aliphatic rings. The topological polar surface area (TPSA) is 12.5 Å². The van der Waals surface area contributed by atoms with E-state index in [2.05, 4.69) is 62.4 Å². The second kappa shape index (κ2) is 4.01. The fourth-order valence-corrected chi connectivity index (χ4v) is 2.31. The molecule has 1 heterocycles. The molecule has 1 heteroatoms. The van der Waals surface area contributed by atoms with Gasteiger partial charge in [0.1, 0.15) is 12.2 Å². The summed E-state index contributed by atoms with van der Waals surface area (Å²) in [4.78, 5) is 0. The van der Waals surface area contributed by atoms with Crippen LogP contribution in [0, 0.1) is 13.8 Å². The first kappa shape index (κ1) is 10.5. The number of hydrogen-bond donors (Lipinski definition) is 0. The monoisotopic (exact) mass is 224 g/mol. The van der Waals surface area contributed by atoms with E-state index >= 15 is 0 Å². The average Bonchev–Trinajstić information content (AvgIpc) is 3.09. The van der Waals surface area contributed by atoms with E-state index in [1.165, 1.54) is 22.3 Å². The fourth-order valence-electron chi connectivity index (χ4n) is 2.31. The molecule has 1 saturated heterocycles. The van der Waals surface area contributed by atoms with Crippen LogP contribution in [0.2, 0.25) is 0 Å². The zero-order chi connectivity index (χ0) is 11.8. The highest BCUT2D eigenvalue weighted by Crippen LogP contribution is 2.50. The maximum Gasteiger partial charge on any atom is 0.114 e. The van der Waals surface area contributed by atoms with Gasteiger partial charge in [0, 0.05) is 0 Å². The lowest BCUT2D eigenvalue weighted by molar-refractivity contribution is 0.377. The van der Waals surface area contributed by atoms with Gasteiger partial charge in [-0.15, -0.1) is 0 Å². The summed E-state index contributed by atoms with van der Waals surface area (Å²) in [6.45, 7) is 4.24. The highest BCUT2D eigenvalue weighted by Gasteiger charge is 2.41. The molecule has 0 radical (unpaired) electrons. The molecule has 1 nitrogen and oxygen atoms in total. The van der Waals surface area contributed by atoms with Gasteiger partial charge < -0.3 is 4.74 Å². The molecule has 17 heavy (non-hydrogen) atoms. The summed E-state index contributed by atoms with van der Waals surface area (Å²) >= 11 is 0. The molecule has 0 aliphatic carbocycles. The molecule has 0 N–H and O–H groups in total. The first-order chi connectivity index (χ1) is 8.24. The molecule has 0 saturated carbocycles. The number of hydrogen-bond acceptors (Lipinski definition) is 1. The first-order valence-corrected chi connectivity index (χ1v) is 6.02. The van der Waals surface area contributed by atoms with Gasteiger partial charge in [-0.3, -0.25) is 0 Å². The van der Waals surface area contributed by atoms with Crippen LogP contribution < -0.4 is 0 Å². The summed E-state index contributed by atoms with van der Waals surface area (Å²) in [5.41, 5.74) is 5.16. The van der Waals surface area contributed by atoms with Crippen molar-refractivity contribution in [3.05, 3.63) is 70.8 Å². The van der Waals surface area contributed by atoms with Gasteiger partial charge in [0.05, 0.1) is 0 Å². The zero-order valence-electron chi connectivity index (χ0n) is 10.2. The van der Waals surface area contributed by atoms with Crippen molar-refractivity contribution in [1.82, 2.24) is 0 Å². The van der Waals surface area contributed by atoms with Crippen molar-refractivity contribution in [2.45, 2.75) is 26.1 Å². The first-order valence-electron chi connectivity index (χ1n) is 6.02. The minimum atomic E-state index is 0.247. The Balaban J connectivity index is 1.83. The third-order valence-corrected chi connectivity index (χ3v) is 3.23. The van der Waals surface area contributed by atoms with Crippen LogP contribution in [-0.4, -0.2) is 0 Å². The largest absolute Gasteiger partial charge is 0.359 e. The van der Waals surface area contributed by atoms with E-state index in [9.17, 15) is 0 Å². The normalized spacial score (nSPS) is 22.5. The van der Waals surface area contributed by atoms with Crippen LogP contribution >= 0.6 is 0 Å². The standard InChI is InChI=1S/C16H16O/c1-11-5-3-7-13(9-11)15-16(17-15)14-8-4-6-12(2)10-14/h3-10,15-16H,1-2H3/t15-,16+. The quantitative estimate of drug-likeness (QED) is 0.699. The van der Waals surface area contributed by atoms with Crippen molar-refractivity contribution in [2.75, 3.05) is 0 Å². The summed E-state index contributed by atoms with van der Waals surface area (Å²) in [5.74, 6) is 0. The van der Waals surface area contributed by atoms with Crippen LogP contribution in [-0.2, 0) is 4.74 Å². The molecular formula is C16H16O. The van der Waals surface area contributed by atoms with Gasteiger partial charge >= 0.3 is 0 Å². The Morgan fingerprint density at radius 1 is 0.765 bits per heavy atom. The van der Waals surface area contributed by atoms with Crippen molar-refractivity contribution in [3.63, 3.8) is 0 Å². The van der Waals surface area contributed by atoms with E-state index in [1.54, 1.807) is 0 Å². The summed E-state index contributed by atoms with van der Waals surface area (Å²) in [5, 5.41) is 0. The molecule has 0 spiro atoms. The van der Waals surface area contributed by atoms with Crippen LogP contribution in [0.4, 0.5) is 0 Å². The Kier molecular flexibility index (Phi) is 2.49. The summed E-state index contributed by atoms with van der Waals surface area (Å²) < 4.78 is 5.80. The predicted molar refractivity (Wildman–Crippen MR) is 68.9 cm³/mol. The number of benzene rings is 2. The third kappa shape index (κ3) is 2.11. The lowest BCUT2D eigenvalue weighted by Gasteiger charge is -1.99. The van der Waals surface area contributed by atoms with Gasteiger partial charge in [0.15, 0.2) is 0 Å². The average molecular weight is 224 g/mol. The van der Waals surface area contributed by atoms with Gasteiger partial charge in [0.25, 0.3) is 0 Å². The van der Waals surface area contributed by atoms with Gasteiger partial charge in [-0.05, 0) is 25.0 Å². The Morgan fingerprint density at radius 2 is 1.24 bits per heavy atom. The van der Waals surface area contributed by atoms with E-state index in [4.69, 9.17) is 4.74 Å². The van der Waals surface area contributed by atoms with Gasteiger partial charge in [-0.1, -0.05) is 59.7 Å². The zero-order valence-corrected chi connectivity index (χ0v) is 10.2. The van der Waals surface area contributed by atoms with Crippen molar-refractivity contribution < 1.29 is 4.74 Å². The molecule has 0 unspecified atom stereocenters. The highest BCUT2D eigenvalue weighted by atomic mass is 16.6. The summed E-state index contributed by atoms with van der Waals surface area (Å²) in [6, 6.07) is 17.1. The minimum absolute atomic E-state index is 0.247. The molecule has 86 valence electrons. The second-order valence-electron chi connectivity index (χ2n) is 4.81. The summed E-state index contributed by atoms with van der Waals surface area (Å²) in [6.07, 6.45) is 0.494. The van der Waals surface area contributed by atoms with Gasteiger partial charge in [-0.25, -0.2) is 0 Å². The van der Waals surface area contributed by atoms with Crippen molar-refractivity contribution in [1.29, 1.82) is 0 Å². The maximum atomic E-state index is 5.80. The Labute approximate surface area is 102 Å². The number of epoxide rings is 1. The lowest BCUT2D eigenvalue weighted by atomic mass is 10.0. The molecule has 2 aromatic rings. The Morgan fingerprint density at radius 3 is 1.65 bits per heavy atom. The van der Waals surface area contributed by atoms with Crippen molar-refractivity contribution in [3.8, 4) is 0 Å². The Hall–Kier alpha value is -1.60. The second-order valence-corrected chi connectivity index (χ2v) is 4.81. The highest BCUT2D eigenvalue weighted by molar-refractivity contribution is 5.33. The van der Waals surface area contributed by atoms with Crippen LogP contribution in [0.3, 0.4) is 0 Å². The van der Waals surface area contributed by atoms with Gasteiger partial charge in [-0.2, -0.15) is 0 Å². The molecule has 1 fully saturated rings. The molecule has 0 aromatic heterocycles. The fraction of sp³-hybridized carbons (Fsp3) is 0.250. The number of aryl methyl sites for hydroxylation is 2. The van der Waals surface area contributed by atoms with Crippen LogP contribution in [0.1, 0.15) is 34.5 Å². The SMILES string of the molecule is Cc1cccc([C@H]2O[C@H]2c2cccc(C)c2)c1. The van der Waals surface area contributed by atoms with E-state index in [1.807, 2.05) is 0 Å². The molecule has 2 aromatic carbocycles. The number of ether oxygens (including phenoxy) is 1. The predicted octanol–water partition coefficient (Wildman–Crippen LogP) is 4.12. The van der Waals surface area contributed by atoms with Crippen molar-refractivity contribution >= 4 is 0 Å². The van der Waals surface area contributed by atoms with E-state index in [0.717, 1.165) is 0 Å². The molecule has 2 atom stereocenters. The summed E-state index contributed by atoms with van der Waals surface area (Å²) in [7, 11) is 0. The van der Waals surface area contributed by atoms with Crippen LogP contribution in [0.5, 0.6) is 0 Å². The Bertz CT molecular complexity index is 495. The number of rotatable bonds is 2. The van der Waals surface area contributed by atoms with Crippen LogP contribution in [0.25, 0.3) is 0 Å². The molecule has 0 amide bonds. The third-order valence-electron chi connectivity index (χ3n) is 3.23. The smallest absolute Gasteiger partial charge is 0.114 e. The molecular weight excluding hydrogens is 208 g/mol. The van der Waals surface area contributed by atoms with E-state index < -0.39 is 0 Å².